The molecule has 3 aliphatic heterocycles. The second-order valence-corrected chi connectivity index (χ2v) is 8.77. The van der Waals surface area contributed by atoms with Gasteiger partial charge in [-0.1, -0.05) is 12.1 Å². The van der Waals surface area contributed by atoms with Crippen LogP contribution in [0.5, 0.6) is 0 Å². The Kier molecular flexibility index (Phi) is 5.92. The van der Waals surface area contributed by atoms with Crippen LogP contribution in [0.1, 0.15) is 65.8 Å². The van der Waals surface area contributed by atoms with Crippen molar-refractivity contribution in [3.63, 3.8) is 0 Å². The summed E-state index contributed by atoms with van der Waals surface area (Å²) in [5.41, 5.74) is 1.11. The van der Waals surface area contributed by atoms with Crippen molar-refractivity contribution in [2.24, 2.45) is 0 Å². The summed E-state index contributed by atoms with van der Waals surface area (Å²) in [7, 11) is 0. The summed E-state index contributed by atoms with van der Waals surface area (Å²) in [6.45, 7) is 5.94. The highest BCUT2D eigenvalue weighted by Gasteiger charge is 2.45. The fraction of sp³-hybridized carbons (Fsp3) is 0.545. The molecule has 31 heavy (non-hydrogen) atoms. The fourth-order valence-electron chi connectivity index (χ4n) is 4.47. The lowest BCUT2D eigenvalue weighted by atomic mass is 10.0. The van der Waals surface area contributed by atoms with Gasteiger partial charge in [0.05, 0.1) is 17.7 Å². The number of nitrogens with zero attached hydrogens (tertiary/aromatic N) is 1. The fourth-order valence-corrected chi connectivity index (χ4v) is 4.47. The molecule has 9 nitrogen and oxygen atoms in total. The molecule has 0 bridgehead atoms. The molecular formula is C22H28N4O5. The smallest absolute Gasteiger partial charge is 0.262 e. The first-order chi connectivity index (χ1) is 14.8. The van der Waals surface area contributed by atoms with E-state index in [-0.39, 0.29) is 24.5 Å². The van der Waals surface area contributed by atoms with E-state index in [0.717, 1.165) is 29.8 Å². The maximum absolute atomic E-state index is 13.1. The van der Waals surface area contributed by atoms with Gasteiger partial charge in [0.2, 0.25) is 11.8 Å². The Labute approximate surface area is 180 Å². The van der Waals surface area contributed by atoms with E-state index in [9.17, 15) is 19.2 Å². The van der Waals surface area contributed by atoms with Gasteiger partial charge in [0, 0.05) is 19.0 Å². The third-order valence-corrected chi connectivity index (χ3v) is 5.97. The molecule has 2 atom stereocenters. The van der Waals surface area contributed by atoms with Gasteiger partial charge in [-0.3, -0.25) is 34.7 Å². The van der Waals surface area contributed by atoms with Crippen LogP contribution in [0.15, 0.2) is 18.2 Å². The minimum absolute atomic E-state index is 0.107. The summed E-state index contributed by atoms with van der Waals surface area (Å²) < 4.78 is 5.67. The Morgan fingerprint density at radius 1 is 1.19 bits per heavy atom. The highest BCUT2D eigenvalue weighted by Crippen LogP contribution is 2.30. The maximum Gasteiger partial charge on any atom is 0.262 e. The molecule has 4 rings (SSSR count). The van der Waals surface area contributed by atoms with Crippen molar-refractivity contribution in [1.29, 1.82) is 0 Å². The zero-order chi connectivity index (χ0) is 22.2. The number of hydrogen-bond acceptors (Lipinski definition) is 7. The minimum atomic E-state index is -0.948. The van der Waals surface area contributed by atoms with Crippen LogP contribution in [0.3, 0.4) is 0 Å². The predicted octanol–water partition coefficient (Wildman–Crippen LogP) is 0.682. The number of ether oxygens (including phenoxy) is 1. The number of rotatable bonds is 7. The van der Waals surface area contributed by atoms with Gasteiger partial charge in [-0.05, 0) is 51.3 Å². The summed E-state index contributed by atoms with van der Waals surface area (Å²) in [5.74, 6) is -1.93. The average molecular weight is 428 g/mol. The quantitative estimate of drug-likeness (QED) is 0.432. The van der Waals surface area contributed by atoms with E-state index in [2.05, 4.69) is 16.0 Å². The Morgan fingerprint density at radius 2 is 2.00 bits per heavy atom. The van der Waals surface area contributed by atoms with E-state index < -0.39 is 23.8 Å². The lowest BCUT2D eigenvalue weighted by Crippen LogP contribution is -2.54. The number of carbonyl (C=O) groups excluding carboxylic acids is 4. The summed E-state index contributed by atoms with van der Waals surface area (Å²) in [6.07, 6.45) is 2.18. The van der Waals surface area contributed by atoms with Crippen LogP contribution in [0.25, 0.3) is 0 Å². The molecule has 1 aromatic rings. The SMILES string of the molecule is CC1(C)N[C@H](CCCNCc2cccc3c2C(=O)N(C2CCC(=O)NC2=O)C3=O)CO1. The average Bonchev–Trinajstić information content (AvgIpc) is 3.19. The number of piperidine rings is 1. The van der Waals surface area contributed by atoms with Crippen molar-refractivity contribution in [2.45, 2.75) is 63.9 Å². The number of nitrogens with one attached hydrogen (secondary N) is 3. The lowest BCUT2D eigenvalue weighted by Gasteiger charge is -2.27. The third kappa shape index (κ3) is 4.39. The van der Waals surface area contributed by atoms with Crippen molar-refractivity contribution in [3.05, 3.63) is 34.9 Å². The predicted molar refractivity (Wildman–Crippen MR) is 111 cm³/mol. The van der Waals surface area contributed by atoms with E-state index in [1.165, 1.54) is 0 Å². The molecule has 2 fully saturated rings. The summed E-state index contributed by atoms with van der Waals surface area (Å²) in [6, 6.07) is 4.56. The van der Waals surface area contributed by atoms with Gasteiger partial charge in [-0.25, -0.2) is 0 Å². The highest BCUT2D eigenvalue weighted by atomic mass is 16.5. The lowest BCUT2D eigenvalue weighted by molar-refractivity contribution is -0.136. The molecule has 0 spiro atoms. The second-order valence-electron chi connectivity index (χ2n) is 8.77. The molecule has 3 heterocycles. The Bertz CT molecular complexity index is 928. The topological polar surface area (TPSA) is 117 Å². The molecule has 0 saturated carbocycles. The van der Waals surface area contributed by atoms with Crippen molar-refractivity contribution in [3.8, 4) is 0 Å². The van der Waals surface area contributed by atoms with Gasteiger partial charge < -0.3 is 10.1 Å². The molecule has 1 unspecified atom stereocenters. The zero-order valence-electron chi connectivity index (χ0n) is 17.8. The molecule has 0 aliphatic carbocycles. The molecule has 4 amide bonds. The Hall–Kier alpha value is -2.62. The Balaban J connectivity index is 1.36. The van der Waals surface area contributed by atoms with Gasteiger partial charge >= 0.3 is 0 Å². The van der Waals surface area contributed by atoms with Crippen molar-refractivity contribution in [2.75, 3.05) is 13.2 Å². The summed E-state index contributed by atoms with van der Waals surface area (Å²) >= 11 is 0. The van der Waals surface area contributed by atoms with Crippen LogP contribution in [-0.4, -0.2) is 59.5 Å². The van der Waals surface area contributed by atoms with Gasteiger partial charge in [-0.15, -0.1) is 0 Å². The number of carbonyl (C=O) groups is 4. The normalized spacial score (nSPS) is 25.2. The number of fused-ring (bicyclic) bond motifs is 1. The van der Waals surface area contributed by atoms with Crippen LogP contribution < -0.4 is 16.0 Å². The van der Waals surface area contributed by atoms with Crippen molar-refractivity contribution < 1.29 is 23.9 Å². The number of imide groups is 2. The zero-order valence-corrected chi connectivity index (χ0v) is 17.8. The van der Waals surface area contributed by atoms with E-state index in [1.807, 2.05) is 19.9 Å². The van der Waals surface area contributed by atoms with Crippen molar-refractivity contribution >= 4 is 23.6 Å². The van der Waals surface area contributed by atoms with Gasteiger partial charge in [0.1, 0.15) is 11.8 Å². The monoisotopic (exact) mass is 428 g/mol. The molecule has 3 N–H and O–H groups in total. The molecule has 3 aliphatic rings. The maximum atomic E-state index is 13.1. The number of benzene rings is 1. The number of amides is 4. The summed E-state index contributed by atoms with van der Waals surface area (Å²) in [4.78, 5) is 50.6. The second kappa shape index (κ2) is 8.49. The molecule has 0 aromatic heterocycles. The molecule has 0 radical (unpaired) electrons. The first-order valence-corrected chi connectivity index (χ1v) is 10.7. The highest BCUT2D eigenvalue weighted by molar-refractivity contribution is 6.24. The third-order valence-electron chi connectivity index (χ3n) is 5.97. The van der Waals surface area contributed by atoms with Crippen LogP contribution in [-0.2, 0) is 20.9 Å². The molecular weight excluding hydrogens is 400 g/mol. The first kappa shape index (κ1) is 21.6. The van der Waals surface area contributed by atoms with Gasteiger partial charge in [0.25, 0.3) is 11.8 Å². The van der Waals surface area contributed by atoms with Crippen LogP contribution in [0.2, 0.25) is 0 Å². The van der Waals surface area contributed by atoms with Crippen LogP contribution >= 0.6 is 0 Å². The van der Waals surface area contributed by atoms with Crippen molar-refractivity contribution in [1.82, 2.24) is 20.9 Å². The Morgan fingerprint density at radius 3 is 2.71 bits per heavy atom. The van der Waals surface area contributed by atoms with E-state index >= 15 is 0 Å². The number of hydrogen-bond donors (Lipinski definition) is 3. The molecule has 9 heteroatoms. The first-order valence-electron chi connectivity index (χ1n) is 10.7. The van der Waals surface area contributed by atoms with E-state index in [1.54, 1.807) is 12.1 Å². The van der Waals surface area contributed by atoms with E-state index in [0.29, 0.717) is 30.3 Å². The van der Waals surface area contributed by atoms with Crippen LogP contribution in [0.4, 0.5) is 0 Å². The molecule has 166 valence electrons. The summed E-state index contributed by atoms with van der Waals surface area (Å²) in [5, 5.41) is 9.00. The van der Waals surface area contributed by atoms with Gasteiger partial charge in [0.15, 0.2) is 0 Å². The minimum Gasteiger partial charge on any atom is -0.360 e. The van der Waals surface area contributed by atoms with Crippen LogP contribution in [0, 0.1) is 0 Å². The van der Waals surface area contributed by atoms with E-state index in [4.69, 9.17) is 4.74 Å². The van der Waals surface area contributed by atoms with Gasteiger partial charge in [-0.2, -0.15) is 0 Å². The molecule has 1 aromatic carbocycles. The standard InChI is InChI=1S/C22H28N4O5/c1-22(2)25-14(12-31-22)6-4-10-23-11-13-5-3-7-15-18(13)21(30)26(20(15)29)16-8-9-17(27)24-19(16)28/h3,5,7,14,16,23,25H,4,6,8-12H2,1-2H3,(H,24,27,28)/t14-,16?/m1/s1. The molecule has 2 saturated heterocycles. The largest absolute Gasteiger partial charge is 0.360 e.